The molecule has 0 saturated carbocycles. The van der Waals surface area contributed by atoms with Crippen LogP contribution >= 0.6 is 0 Å². The predicted octanol–water partition coefficient (Wildman–Crippen LogP) is 0.889. The van der Waals surface area contributed by atoms with Crippen molar-refractivity contribution in [3.8, 4) is 11.8 Å². The van der Waals surface area contributed by atoms with Crippen molar-refractivity contribution < 1.29 is 10.2 Å². The minimum atomic E-state index is -1.08. The maximum atomic E-state index is 9.56. The van der Waals surface area contributed by atoms with E-state index in [4.69, 9.17) is 0 Å². The van der Waals surface area contributed by atoms with E-state index in [1.165, 1.54) is 0 Å². The maximum Gasteiger partial charge on any atom is 0.141 e. The molecule has 3 heteroatoms. The van der Waals surface area contributed by atoms with Gasteiger partial charge in [0.05, 0.1) is 0 Å². The van der Waals surface area contributed by atoms with Crippen molar-refractivity contribution in [2.45, 2.75) is 25.6 Å². The van der Waals surface area contributed by atoms with Crippen molar-refractivity contribution in [3.05, 3.63) is 30.1 Å². The summed E-state index contributed by atoms with van der Waals surface area (Å²) in [5, 5.41) is 18.9. The van der Waals surface area contributed by atoms with E-state index in [-0.39, 0.29) is 0 Å². The van der Waals surface area contributed by atoms with Crippen LogP contribution in [0, 0.1) is 11.8 Å². The zero-order valence-corrected chi connectivity index (χ0v) is 8.23. The van der Waals surface area contributed by atoms with Crippen LogP contribution in [0.25, 0.3) is 0 Å². The molecule has 1 heterocycles. The maximum absolute atomic E-state index is 9.56. The molecule has 3 nitrogen and oxygen atoms in total. The number of rotatable bonds is 1. The topological polar surface area (TPSA) is 53.4 Å². The third-order valence-electron chi connectivity index (χ3n) is 1.51. The van der Waals surface area contributed by atoms with Gasteiger partial charge >= 0.3 is 0 Å². The summed E-state index contributed by atoms with van der Waals surface area (Å²) in [4.78, 5) is 3.86. The summed E-state index contributed by atoms with van der Waals surface area (Å²) in [6, 6.07) is 3.46. The first-order chi connectivity index (χ1) is 6.49. The van der Waals surface area contributed by atoms with Crippen molar-refractivity contribution in [2.75, 3.05) is 0 Å². The minimum absolute atomic E-state index is 0.629. The van der Waals surface area contributed by atoms with Gasteiger partial charge in [0.25, 0.3) is 0 Å². The summed E-state index contributed by atoms with van der Waals surface area (Å²) in [5.41, 5.74) is -0.451. The molecule has 1 rings (SSSR count). The molecule has 1 aromatic rings. The van der Waals surface area contributed by atoms with Crippen molar-refractivity contribution in [3.63, 3.8) is 0 Å². The van der Waals surface area contributed by atoms with Gasteiger partial charge in [0.1, 0.15) is 11.7 Å². The zero-order chi connectivity index (χ0) is 10.6. The first-order valence-corrected chi connectivity index (χ1v) is 4.32. The summed E-state index contributed by atoms with van der Waals surface area (Å²) < 4.78 is 0. The predicted molar refractivity (Wildman–Crippen MR) is 53.3 cm³/mol. The molecule has 74 valence electrons. The molecule has 0 aliphatic carbocycles. The summed E-state index contributed by atoms with van der Waals surface area (Å²) in [6.45, 7) is 3.13. The Morgan fingerprint density at radius 2 is 2.21 bits per heavy atom. The van der Waals surface area contributed by atoms with Gasteiger partial charge in [-0.1, -0.05) is 17.9 Å². The number of aromatic nitrogens is 1. The normalized spacial score (nSPS) is 12.9. The van der Waals surface area contributed by atoms with Gasteiger partial charge in [-0.2, -0.15) is 0 Å². The fourth-order valence-electron chi connectivity index (χ4n) is 0.866. The van der Waals surface area contributed by atoms with Crippen LogP contribution < -0.4 is 0 Å². The lowest BCUT2D eigenvalue weighted by atomic mass is 10.1. The third kappa shape index (κ3) is 3.56. The molecule has 0 aliphatic heterocycles. The largest absolute Gasteiger partial charge is 0.378 e. The monoisotopic (exact) mass is 191 g/mol. The molecule has 0 fully saturated rings. The highest BCUT2D eigenvalue weighted by atomic mass is 16.3. The lowest BCUT2D eigenvalue weighted by molar-refractivity contribution is 0.142. The number of hydrogen-bond acceptors (Lipinski definition) is 3. The molecule has 1 aromatic heterocycles. The molecule has 1 unspecified atom stereocenters. The molecule has 0 aromatic carbocycles. The van der Waals surface area contributed by atoms with E-state index in [9.17, 15) is 10.2 Å². The van der Waals surface area contributed by atoms with Gasteiger partial charge in [0.2, 0.25) is 0 Å². The van der Waals surface area contributed by atoms with Crippen LogP contribution in [0.15, 0.2) is 24.5 Å². The van der Waals surface area contributed by atoms with Crippen LogP contribution in [0.3, 0.4) is 0 Å². The van der Waals surface area contributed by atoms with E-state index < -0.39 is 11.7 Å². The fraction of sp³-hybridized carbons (Fsp3) is 0.364. The lowest BCUT2D eigenvalue weighted by Crippen LogP contribution is -2.15. The molecular formula is C11H13NO2. The standard InChI is InChI=1S/C11H13NO2/c1-11(2,14)6-5-10(13)9-4-3-7-12-8-9/h3-4,7-8,10,13-14H,1-2H3. The summed E-state index contributed by atoms with van der Waals surface area (Å²) in [6.07, 6.45) is 2.28. The Labute approximate surface area is 83.4 Å². The van der Waals surface area contributed by atoms with Crippen molar-refractivity contribution in [2.24, 2.45) is 0 Å². The quantitative estimate of drug-likeness (QED) is 0.648. The minimum Gasteiger partial charge on any atom is -0.378 e. The number of aliphatic hydroxyl groups excluding tert-OH is 1. The van der Waals surface area contributed by atoms with Crippen LogP contribution in [0.4, 0.5) is 0 Å². The van der Waals surface area contributed by atoms with Gasteiger partial charge in [0.15, 0.2) is 0 Å². The summed E-state index contributed by atoms with van der Waals surface area (Å²) in [5.74, 6) is 5.10. The van der Waals surface area contributed by atoms with E-state index >= 15 is 0 Å². The number of pyridine rings is 1. The van der Waals surface area contributed by atoms with Crippen LogP contribution in [0.5, 0.6) is 0 Å². The van der Waals surface area contributed by atoms with Crippen LogP contribution in [-0.2, 0) is 0 Å². The van der Waals surface area contributed by atoms with Gasteiger partial charge in [-0.15, -0.1) is 0 Å². The van der Waals surface area contributed by atoms with Crippen LogP contribution in [0.2, 0.25) is 0 Å². The van der Waals surface area contributed by atoms with Gasteiger partial charge in [-0.25, -0.2) is 0 Å². The molecule has 0 aliphatic rings. The highest BCUT2D eigenvalue weighted by Gasteiger charge is 2.08. The fourth-order valence-corrected chi connectivity index (χ4v) is 0.866. The van der Waals surface area contributed by atoms with Crippen LogP contribution in [0.1, 0.15) is 25.5 Å². The highest BCUT2D eigenvalue weighted by Crippen LogP contribution is 2.09. The average Bonchev–Trinajstić information content (AvgIpc) is 2.14. The highest BCUT2D eigenvalue weighted by molar-refractivity contribution is 5.23. The smallest absolute Gasteiger partial charge is 0.141 e. The Kier molecular flexibility index (Phi) is 3.23. The van der Waals surface area contributed by atoms with E-state index in [2.05, 4.69) is 16.8 Å². The molecule has 0 spiro atoms. The Bertz CT molecular complexity index is 343. The molecule has 0 bridgehead atoms. The molecule has 1 atom stereocenters. The van der Waals surface area contributed by atoms with Crippen molar-refractivity contribution in [1.29, 1.82) is 0 Å². The van der Waals surface area contributed by atoms with Gasteiger partial charge < -0.3 is 10.2 Å². The second kappa shape index (κ2) is 4.23. The van der Waals surface area contributed by atoms with Gasteiger partial charge in [-0.05, 0) is 19.9 Å². The van der Waals surface area contributed by atoms with E-state index in [0.29, 0.717) is 5.56 Å². The zero-order valence-electron chi connectivity index (χ0n) is 8.23. The van der Waals surface area contributed by atoms with Crippen LogP contribution in [-0.4, -0.2) is 20.8 Å². The SMILES string of the molecule is CC(C)(O)C#CC(O)c1cccnc1. The molecule has 14 heavy (non-hydrogen) atoms. The summed E-state index contributed by atoms with van der Waals surface area (Å²) >= 11 is 0. The third-order valence-corrected chi connectivity index (χ3v) is 1.51. The molecule has 0 amide bonds. The van der Waals surface area contributed by atoms with E-state index in [1.54, 1.807) is 38.4 Å². The van der Waals surface area contributed by atoms with Crippen molar-refractivity contribution in [1.82, 2.24) is 4.98 Å². The van der Waals surface area contributed by atoms with E-state index in [1.807, 2.05) is 0 Å². The molecule has 0 radical (unpaired) electrons. The molecule has 0 saturated heterocycles. The van der Waals surface area contributed by atoms with Crippen molar-refractivity contribution >= 4 is 0 Å². The lowest BCUT2D eigenvalue weighted by Gasteiger charge is -2.07. The van der Waals surface area contributed by atoms with Gasteiger partial charge in [-0.3, -0.25) is 4.98 Å². The van der Waals surface area contributed by atoms with Gasteiger partial charge in [0, 0.05) is 18.0 Å². The Balaban J connectivity index is 2.76. The number of hydrogen-bond donors (Lipinski definition) is 2. The first kappa shape index (κ1) is 10.7. The average molecular weight is 191 g/mol. The second-order valence-corrected chi connectivity index (χ2v) is 3.52. The Morgan fingerprint density at radius 3 is 2.71 bits per heavy atom. The Hall–Kier alpha value is -1.37. The molecular weight excluding hydrogens is 178 g/mol. The first-order valence-electron chi connectivity index (χ1n) is 4.32. The molecule has 2 N–H and O–H groups in total. The van der Waals surface area contributed by atoms with E-state index in [0.717, 1.165) is 0 Å². The Morgan fingerprint density at radius 1 is 1.50 bits per heavy atom. The second-order valence-electron chi connectivity index (χ2n) is 3.52. The summed E-state index contributed by atoms with van der Waals surface area (Å²) in [7, 11) is 0. The number of nitrogens with zero attached hydrogens (tertiary/aromatic N) is 1. The number of aliphatic hydroxyl groups is 2.